The van der Waals surface area contributed by atoms with E-state index >= 15 is 0 Å². The molecule has 0 aliphatic rings. The molecule has 0 saturated carbocycles. The number of hydrogen-bond acceptors (Lipinski definition) is 4. The second kappa shape index (κ2) is 12.5. The number of ether oxygens (including phenoxy) is 1. The van der Waals surface area contributed by atoms with Gasteiger partial charge < -0.3 is 14.7 Å². The highest BCUT2D eigenvalue weighted by molar-refractivity contribution is 7.92. The van der Waals surface area contributed by atoms with Gasteiger partial charge in [0.25, 0.3) is 10.0 Å². The molecule has 0 bridgehead atoms. The van der Waals surface area contributed by atoms with Crippen molar-refractivity contribution in [3.05, 3.63) is 126 Å². The second-order valence-corrected chi connectivity index (χ2v) is 10.8. The lowest BCUT2D eigenvalue weighted by molar-refractivity contribution is -0.930. The molecular formula is C30H33N2O4S+. The molecule has 0 aromatic heterocycles. The first kappa shape index (κ1) is 26.4. The topological polar surface area (TPSA) is 71.3 Å². The summed E-state index contributed by atoms with van der Waals surface area (Å²) in [6.07, 6.45) is -0.900. The molecule has 192 valence electrons. The van der Waals surface area contributed by atoms with E-state index < -0.39 is 16.1 Å². The van der Waals surface area contributed by atoms with Crippen LogP contribution < -0.4 is 13.9 Å². The molecule has 0 heterocycles. The number of sulfonamides is 1. The van der Waals surface area contributed by atoms with Gasteiger partial charge in [-0.05, 0) is 36.4 Å². The van der Waals surface area contributed by atoms with Crippen LogP contribution in [0.25, 0.3) is 0 Å². The standard InChI is InChI=1S/C30H32N2O4S/c1-36-29-19-17-27(18-20-29)32(37(34,35)30-15-9-4-10-16-30)24-28(33)23-31(21-25-11-5-2-6-12-25)22-26-13-7-3-8-14-26/h2-20,28,33H,21-24H2,1H3/p+1. The van der Waals surface area contributed by atoms with Gasteiger partial charge in [-0.3, -0.25) is 4.31 Å². The fourth-order valence-corrected chi connectivity index (χ4v) is 5.90. The van der Waals surface area contributed by atoms with Gasteiger partial charge in [-0.25, -0.2) is 8.42 Å². The van der Waals surface area contributed by atoms with E-state index in [2.05, 4.69) is 24.3 Å². The first-order valence-electron chi connectivity index (χ1n) is 12.3. The third-order valence-corrected chi connectivity index (χ3v) is 7.99. The zero-order valence-corrected chi connectivity index (χ0v) is 21.7. The quantitative estimate of drug-likeness (QED) is 0.302. The molecule has 0 radical (unpaired) electrons. The second-order valence-electron chi connectivity index (χ2n) is 8.98. The van der Waals surface area contributed by atoms with Gasteiger partial charge in [-0.1, -0.05) is 78.9 Å². The number of quaternary nitrogens is 1. The van der Waals surface area contributed by atoms with Crippen LogP contribution in [0, 0.1) is 0 Å². The van der Waals surface area contributed by atoms with E-state index in [-0.39, 0.29) is 11.4 Å². The molecule has 0 amide bonds. The van der Waals surface area contributed by atoms with Crippen molar-refractivity contribution in [1.82, 2.24) is 0 Å². The van der Waals surface area contributed by atoms with Crippen LogP contribution in [0.15, 0.2) is 120 Å². The molecule has 1 unspecified atom stereocenters. The molecule has 0 fully saturated rings. The largest absolute Gasteiger partial charge is 0.497 e. The van der Waals surface area contributed by atoms with Gasteiger partial charge in [0.2, 0.25) is 0 Å². The molecule has 4 aromatic rings. The molecule has 0 saturated heterocycles. The Morgan fingerprint density at radius 1 is 0.757 bits per heavy atom. The molecule has 4 rings (SSSR count). The zero-order valence-electron chi connectivity index (χ0n) is 20.9. The Hall–Kier alpha value is -3.65. The maximum atomic E-state index is 13.7. The van der Waals surface area contributed by atoms with E-state index in [1.165, 1.54) is 4.31 Å². The molecule has 2 N–H and O–H groups in total. The molecule has 7 heteroatoms. The van der Waals surface area contributed by atoms with Gasteiger partial charge in [0.1, 0.15) is 31.5 Å². The molecule has 0 aliphatic carbocycles. The Kier molecular flexibility index (Phi) is 8.95. The summed E-state index contributed by atoms with van der Waals surface area (Å²) in [6, 6.07) is 35.4. The van der Waals surface area contributed by atoms with Crippen LogP contribution in [0.1, 0.15) is 11.1 Å². The molecule has 4 aromatic carbocycles. The maximum absolute atomic E-state index is 13.7. The van der Waals surface area contributed by atoms with Gasteiger partial charge in [0.05, 0.1) is 24.2 Å². The van der Waals surface area contributed by atoms with Crippen molar-refractivity contribution in [2.45, 2.75) is 24.1 Å². The average molecular weight is 518 g/mol. The lowest BCUT2D eigenvalue weighted by atomic mass is 10.1. The maximum Gasteiger partial charge on any atom is 0.264 e. The fraction of sp³-hybridized carbons (Fsp3) is 0.200. The molecule has 1 atom stereocenters. The highest BCUT2D eigenvalue weighted by atomic mass is 32.2. The van der Waals surface area contributed by atoms with Crippen LogP contribution >= 0.6 is 0 Å². The van der Waals surface area contributed by atoms with Gasteiger partial charge in [0.15, 0.2) is 0 Å². The van der Waals surface area contributed by atoms with Gasteiger partial charge in [-0.15, -0.1) is 0 Å². The van der Waals surface area contributed by atoms with Crippen LogP contribution in [0.5, 0.6) is 5.75 Å². The fourth-order valence-electron chi connectivity index (χ4n) is 4.38. The Morgan fingerprint density at radius 3 is 1.73 bits per heavy atom. The van der Waals surface area contributed by atoms with Crippen molar-refractivity contribution in [2.75, 3.05) is 24.5 Å². The summed E-state index contributed by atoms with van der Waals surface area (Å²) in [5.41, 5.74) is 2.78. The number of rotatable bonds is 12. The van der Waals surface area contributed by atoms with Crippen LogP contribution in [0.4, 0.5) is 5.69 Å². The Bertz CT molecular complexity index is 1290. The van der Waals surface area contributed by atoms with E-state index in [9.17, 15) is 13.5 Å². The van der Waals surface area contributed by atoms with Gasteiger partial charge in [0, 0.05) is 11.1 Å². The Labute approximate surface area is 219 Å². The predicted octanol–water partition coefficient (Wildman–Crippen LogP) is 3.54. The van der Waals surface area contributed by atoms with Crippen molar-refractivity contribution < 1.29 is 23.2 Å². The smallest absolute Gasteiger partial charge is 0.264 e. The molecule has 37 heavy (non-hydrogen) atoms. The first-order valence-corrected chi connectivity index (χ1v) is 13.7. The number of anilines is 1. The SMILES string of the molecule is COc1ccc(N(CC(O)C[NH+](Cc2ccccc2)Cc2ccccc2)S(=O)(=O)c2ccccc2)cc1. The highest BCUT2D eigenvalue weighted by Crippen LogP contribution is 2.26. The van der Waals surface area contributed by atoms with Crippen molar-refractivity contribution in [1.29, 1.82) is 0 Å². The molecule has 0 spiro atoms. The number of aliphatic hydroxyl groups is 1. The highest BCUT2D eigenvalue weighted by Gasteiger charge is 2.29. The monoisotopic (exact) mass is 517 g/mol. The summed E-state index contributed by atoms with van der Waals surface area (Å²) < 4.78 is 33.9. The number of benzene rings is 4. The number of methoxy groups -OCH3 is 1. The Balaban J connectivity index is 1.59. The molecule has 0 aliphatic heterocycles. The Morgan fingerprint density at radius 2 is 1.24 bits per heavy atom. The minimum absolute atomic E-state index is 0.0728. The van der Waals surface area contributed by atoms with Crippen molar-refractivity contribution >= 4 is 15.7 Å². The van der Waals surface area contributed by atoms with Crippen LogP contribution in [-0.4, -0.2) is 39.8 Å². The molecular weight excluding hydrogens is 484 g/mol. The van der Waals surface area contributed by atoms with E-state index in [1.54, 1.807) is 61.7 Å². The van der Waals surface area contributed by atoms with Crippen molar-refractivity contribution in [3.8, 4) is 5.75 Å². The summed E-state index contributed by atoms with van der Waals surface area (Å²) in [5.74, 6) is 0.627. The lowest BCUT2D eigenvalue weighted by Gasteiger charge is -2.29. The van der Waals surface area contributed by atoms with Crippen molar-refractivity contribution in [2.24, 2.45) is 0 Å². The van der Waals surface area contributed by atoms with Gasteiger partial charge in [-0.2, -0.15) is 0 Å². The first-order chi connectivity index (χ1) is 18.0. The summed E-state index contributed by atoms with van der Waals surface area (Å²) >= 11 is 0. The number of hydrogen-bond donors (Lipinski definition) is 2. The van der Waals surface area contributed by atoms with E-state index in [0.717, 1.165) is 16.0 Å². The van der Waals surface area contributed by atoms with E-state index in [1.807, 2.05) is 36.4 Å². The number of aliphatic hydroxyl groups excluding tert-OH is 1. The minimum Gasteiger partial charge on any atom is -0.497 e. The average Bonchev–Trinajstić information content (AvgIpc) is 2.93. The third-order valence-electron chi connectivity index (χ3n) is 6.19. The zero-order chi connectivity index (χ0) is 26.1. The summed E-state index contributed by atoms with van der Waals surface area (Å²) in [5, 5.41) is 11.3. The van der Waals surface area contributed by atoms with Crippen LogP contribution in [0.2, 0.25) is 0 Å². The molecule has 6 nitrogen and oxygen atoms in total. The minimum atomic E-state index is -3.90. The summed E-state index contributed by atoms with van der Waals surface area (Å²) in [7, 11) is -2.34. The van der Waals surface area contributed by atoms with Crippen LogP contribution in [0.3, 0.4) is 0 Å². The normalized spacial score (nSPS) is 12.3. The van der Waals surface area contributed by atoms with E-state index in [4.69, 9.17) is 4.74 Å². The van der Waals surface area contributed by atoms with Crippen LogP contribution in [-0.2, 0) is 23.1 Å². The number of nitrogens with one attached hydrogen (secondary N) is 1. The van der Waals surface area contributed by atoms with E-state index in [0.29, 0.717) is 31.1 Å². The predicted molar refractivity (Wildman–Crippen MR) is 146 cm³/mol. The third kappa shape index (κ3) is 7.20. The van der Waals surface area contributed by atoms with Crippen molar-refractivity contribution in [3.63, 3.8) is 0 Å². The number of nitrogens with zero attached hydrogens (tertiary/aromatic N) is 1. The summed E-state index contributed by atoms with van der Waals surface area (Å²) in [4.78, 5) is 1.31. The lowest BCUT2D eigenvalue weighted by Crippen LogP contribution is -3.10. The summed E-state index contributed by atoms with van der Waals surface area (Å²) in [6.45, 7) is 1.72. The van der Waals surface area contributed by atoms with Gasteiger partial charge >= 0.3 is 0 Å².